The maximum atomic E-state index is 12.0. The number of rotatable bonds is 16. The van der Waals surface area contributed by atoms with Crippen LogP contribution in [0.15, 0.2) is 30.3 Å². The summed E-state index contributed by atoms with van der Waals surface area (Å²) in [6.07, 6.45) is 10.7. The van der Waals surface area contributed by atoms with E-state index in [-0.39, 0.29) is 0 Å². The zero-order valence-electron chi connectivity index (χ0n) is 15.8. The molecule has 1 aromatic rings. The minimum Gasteiger partial charge on any atom is -0.422 e. The standard InChI is InChI=1S/C21H31O5/c1-2-3-4-5-6-7-8-9-10-14-17-24-21(25-18-22)20(23)26-19-15-12-11-13-16-19/h11-13,15-16,21H,2-10,14,17H2,1H3. The van der Waals surface area contributed by atoms with E-state index in [0.29, 0.717) is 12.4 Å². The van der Waals surface area contributed by atoms with Gasteiger partial charge in [0.1, 0.15) is 5.75 Å². The summed E-state index contributed by atoms with van der Waals surface area (Å²) in [7, 11) is 0. The fraction of sp³-hybridized carbons (Fsp3) is 0.619. The molecule has 0 saturated carbocycles. The molecular formula is C21H31O5. The molecule has 5 nitrogen and oxygen atoms in total. The first kappa shape index (κ1) is 22.2. The summed E-state index contributed by atoms with van der Waals surface area (Å²) in [5.74, 6) is -0.383. The molecule has 0 amide bonds. The number of hydrogen-bond acceptors (Lipinski definition) is 5. The normalized spacial score (nSPS) is 11.7. The van der Waals surface area contributed by atoms with Gasteiger partial charge in [-0.1, -0.05) is 82.9 Å². The number of carbonyl (C=O) groups is 1. The average Bonchev–Trinajstić information content (AvgIpc) is 2.66. The first-order valence-electron chi connectivity index (χ1n) is 9.69. The highest BCUT2D eigenvalue weighted by molar-refractivity contribution is 5.76. The zero-order chi connectivity index (χ0) is 18.9. The van der Waals surface area contributed by atoms with E-state index in [0.717, 1.165) is 19.3 Å². The van der Waals surface area contributed by atoms with E-state index in [1.165, 1.54) is 51.4 Å². The molecule has 1 unspecified atom stereocenters. The quantitative estimate of drug-likeness (QED) is 0.180. The van der Waals surface area contributed by atoms with Crippen molar-refractivity contribution >= 4 is 12.4 Å². The van der Waals surface area contributed by atoms with Gasteiger partial charge in [-0.05, 0) is 18.6 Å². The lowest BCUT2D eigenvalue weighted by Gasteiger charge is -2.14. The fourth-order valence-corrected chi connectivity index (χ4v) is 2.63. The predicted molar refractivity (Wildman–Crippen MR) is 100 cm³/mol. The van der Waals surface area contributed by atoms with Crippen LogP contribution in [0, 0.1) is 0 Å². The number of ether oxygens (including phenoxy) is 3. The van der Waals surface area contributed by atoms with Crippen LogP contribution in [0.5, 0.6) is 5.75 Å². The van der Waals surface area contributed by atoms with E-state index in [9.17, 15) is 9.59 Å². The number of esters is 1. The van der Waals surface area contributed by atoms with E-state index in [2.05, 4.69) is 11.7 Å². The van der Waals surface area contributed by atoms with Crippen molar-refractivity contribution in [2.45, 2.75) is 77.4 Å². The van der Waals surface area contributed by atoms with Crippen molar-refractivity contribution in [2.24, 2.45) is 0 Å². The molecule has 1 atom stereocenters. The molecule has 26 heavy (non-hydrogen) atoms. The van der Waals surface area contributed by atoms with E-state index in [1.807, 2.05) is 6.07 Å². The van der Waals surface area contributed by atoms with Crippen LogP contribution < -0.4 is 4.74 Å². The largest absolute Gasteiger partial charge is 0.422 e. The van der Waals surface area contributed by atoms with E-state index in [4.69, 9.17) is 9.47 Å². The monoisotopic (exact) mass is 363 g/mol. The number of unbranched alkanes of at least 4 members (excludes halogenated alkanes) is 9. The van der Waals surface area contributed by atoms with E-state index >= 15 is 0 Å². The van der Waals surface area contributed by atoms with Gasteiger partial charge in [-0.25, -0.2) is 9.59 Å². The molecular weight excluding hydrogens is 332 g/mol. The smallest absolute Gasteiger partial charge is 0.420 e. The second-order valence-electron chi connectivity index (χ2n) is 6.32. The highest BCUT2D eigenvalue weighted by Gasteiger charge is 2.23. The third kappa shape index (κ3) is 10.9. The average molecular weight is 363 g/mol. The van der Waals surface area contributed by atoms with Crippen molar-refractivity contribution in [2.75, 3.05) is 6.61 Å². The first-order valence-corrected chi connectivity index (χ1v) is 9.69. The molecule has 1 radical (unpaired) electrons. The van der Waals surface area contributed by atoms with E-state index in [1.54, 1.807) is 24.3 Å². The lowest BCUT2D eigenvalue weighted by molar-refractivity contribution is -0.170. The number of carbonyl (C=O) groups excluding carboxylic acids is 2. The highest BCUT2D eigenvalue weighted by atomic mass is 16.7. The Morgan fingerprint density at radius 2 is 1.50 bits per heavy atom. The molecule has 0 aliphatic carbocycles. The van der Waals surface area contributed by atoms with Crippen LogP contribution in [0.3, 0.4) is 0 Å². The molecule has 1 rings (SSSR count). The molecule has 5 heteroatoms. The summed E-state index contributed by atoms with van der Waals surface area (Å²) >= 11 is 0. The van der Waals surface area contributed by atoms with Crippen LogP contribution in [0.4, 0.5) is 0 Å². The molecule has 0 aliphatic rings. The predicted octanol–water partition coefficient (Wildman–Crippen LogP) is 4.94. The summed E-state index contributed by atoms with van der Waals surface area (Å²) in [5, 5.41) is 0. The molecule has 1 aromatic carbocycles. The summed E-state index contributed by atoms with van der Waals surface area (Å²) in [4.78, 5) is 22.4. The van der Waals surface area contributed by atoms with Gasteiger partial charge in [0.2, 0.25) is 0 Å². The summed E-state index contributed by atoms with van der Waals surface area (Å²) in [6.45, 7) is 3.82. The number of hydrogen-bond donors (Lipinski definition) is 0. The summed E-state index contributed by atoms with van der Waals surface area (Å²) < 4.78 is 15.0. The Hall–Kier alpha value is -1.88. The van der Waals surface area contributed by atoms with Gasteiger partial charge >= 0.3 is 18.7 Å². The lowest BCUT2D eigenvalue weighted by Crippen LogP contribution is -2.31. The first-order chi connectivity index (χ1) is 12.8. The Balaban J connectivity index is 2.10. The molecule has 0 aliphatic heterocycles. The van der Waals surface area contributed by atoms with Crippen molar-refractivity contribution in [1.82, 2.24) is 0 Å². The summed E-state index contributed by atoms with van der Waals surface area (Å²) in [6, 6.07) is 8.58. The van der Waals surface area contributed by atoms with Crippen LogP contribution >= 0.6 is 0 Å². The number of para-hydroxylation sites is 1. The molecule has 0 heterocycles. The minimum atomic E-state index is -1.37. The third-order valence-corrected chi connectivity index (χ3v) is 4.08. The Labute approximate surface area is 157 Å². The molecule has 0 N–H and O–H groups in total. The van der Waals surface area contributed by atoms with Crippen LogP contribution in [0.1, 0.15) is 71.1 Å². The molecule has 0 saturated heterocycles. The van der Waals surface area contributed by atoms with E-state index < -0.39 is 12.3 Å². The van der Waals surface area contributed by atoms with Crippen molar-refractivity contribution in [3.05, 3.63) is 30.3 Å². The van der Waals surface area contributed by atoms with Gasteiger partial charge in [-0.15, -0.1) is 0 Å². The highest BCUT2D eigenvalue weighted by Crippen LogP contribution is 2.12. The van der Waals surface area contributed by atoms with Gasteiger partial charge in [0.15, 0.2) is 0 Å². The molecule has 0 fully saturated rings. The van der Waals surface area contributed by atoms with Gasteiger partial charge < -0.3 is 14.2 Å². The third-order valence-electron chi connectivity index (χ3n) is 4.08. The summed E-state index contributed by atoms with van der Waals surface area (Å²) in [5.41, 5.74) is 0. The second kappa shape index (κ2) is 15.4. The van der Waals surface area contributed by atoms with Crippen molar-refractivity contribution < 1.29 is 23.8 Å². The van der Waals surface area contributed by atoms with Crippen LogP contribution in [-0.2, 0) is 19.1 Å². The fourth-order valence-electron chi connectivity index (χ4n) is 2.63. The molecule has 0 bridgehead atoms. The molecule has 0 spiro atoms. The number of benzene rings is 1. The Morgan fingerprint density at radius 3 is 2.08 bits per heavy atom. The van der Waals surface area contributed by atoms with Crippen molar-refractivity contribution in [1.29, 1.82) is 0 Å². The maximum Gasteiger partial charge on any atom is 0.420 e. The Kier molecular flexibility index (Phi) is 13.1. The lowest BCUT2D eigenvalue weighted by atomic mass is 10.1. The van der Waals surface area contributed by atoms with Crippen LogP contribution in [0.25, 0.3) is 0 Å². The SMILES string of the molecule is CCCCCCCCCCCCOC(O[C]=O)C(=O)Oc1ccccc1. The van der Waals surface area contributed by atoms with Crippen molar-refractivity contribution in [3.8, 4) is 5.75 Å². The molecule has 145 valence electrons. The van der Waals surface area contributed by atoms with Gasteiger partial charge in [0, 0.05) is 0 Å². The molecule has 0 aromatic heterocycles. The van der Waals surface area contributed by atoms with Crippen molar-refractivity contribution in [3.63, 3.8) is 0 Å². The second-order valence-corrected chi connectivity index (χ2v) is 6.32. The van der Waals surface area contributed by atoms with Gasteiger partial charge in [0.25, 0.3) is 0 Å². The van der Waals surface area contributed by atoms with Gasteiger partial charge in [-0.2, -0.15) is 0 Å². The van der Waals surface area contributed by atoms with Gasteiger partial charge in [-0.3, -0.25) is 0 Å². The minimum absolute atomic E-state index is 0.340. The Bertz CT molecular complexity index is 475. The zero-order valence-corrected chi connectivity index (χ0v) is 15.8. The Morgan fingerprint density at radius 1 is 0.923 bits per heavy atom. The van der Waals surface area contributed by atoms with Crippen LogP contribution in [-0.4, -0.2) is 25.3 Å². The van der Waals surface area contributed by atoms with Crippen LogP contribution in [0.2, 0.25) is 0 Å². The maximum absolute atomic E-state index is 12.0. The van der Waals surface area contributed by atoms with Gasteiger partial charge in [0.05, 0.1) is 6.61 Å². The topological polar surface area (TPSA) is 61.8 Å².